The molecule has 82 valence electrons. The summed E-state index contributed by atoms with van der Waals surface area (Å²) in [6.45, 7) is 4.48. The van der Waals surface area contributed by atoms with E-state index in [0.717, 1.165) is 18.1 Å². The smallest absolute Gasteiger partial charge is 0.144 e. The summed E-state index contributed by atoms with van der Waals surface area (Å²) >= 11 is 7.75. The summed E-state index contributed by atoms with van der Waals surface area (Å²) in [5.41, 5.74) is 6.11. The Kier molecular flexibility index (Phi) is 5.36. The molecule has 0 fully saturated rings. The number of nitrogens with zero attached hydrogens (tertiary/aromatic N) is 1. The summed E-state index contributed by atoms with van der Waals surface area (Å²) in [5, 5.41) is 3.70. The molecule has 3 N–H and O–H groups in total. The summed E-state index contributed by atoms with van der Waals surface area (Å²) < 4.78 is 0. The SMILES string of the molecule is C=CCSCCNc1ncc(N)cc1Cl. The quantitative estimate of drug-likeness (QED) is 0.596. The van der Waals surface area contributed by atoms with E-state index in [4.69, 9.17) is 17.3 Å². The molecule has 1 heterocycles. The highest BCUT2D eigenvalue weighted by molar-refractivity contribution is 7.99. The second-order valence-corrected chi connectivity index (χ2v) is 4.45. The Morgan fingerprint density at radius 1 is 1.67 bits per heavy atom. The molecule has 0 atom stereocenters. The average molecular weight is 244 g/mol. The molecule has 15 heavy (non-hydrogen) atoms. The molecule has 3 nitrogen and oxygen atoms in total. The molecule has 0 aliphatic carbocycles. The van der Waals surface area contributed by atoms with E-state index in [0.29, 0.717) is 16.5 Å². The number of nitrogen functional groups attached to an aromatic ring is 1. The van der Waals surface area contributed by atoms with Gasteiger partial charge in [0.15, 0.2) is 0 Å². The molecular weight excluding hydrogens is 230 g/mol. The van der Waals surface area contributed by atoms with Crippen molar-refractivity contribution in [3.05, 3.63) is 29.9 Å². The van der Waals surface area contributed by atoms with Crippen LogP contribution in [0.15, 0.2) is 24.9 Å². The van der Waals surface area contributed by atoms with Crippen LogP contribution in [0.5, 0.6) is 0 Å². The molecular formula is C10H14ClN3S. The Hall–Kier alpha value is -0.870. The van der Waals surface area contributed by atoms with Gasteiger partial charge in [0, 0.05) is 18.1 Å². The summed E-state index contributed by atoms with van der Waals surface area (Å²) in [6.07, 6.45) is 3.48. The predicted octanol–water partition coefficient (Wildman–Crippen LogP) is 2.65. The monoisotopic (exact) mass is 243 g/mol. The first-order valence-corrected chi connectivity index (χ1v) is 6.11. The van der Waals surface area contributed by atoms with Gasteiger partial charge in [-0.15, -0.1) is 6.58 Å². The first kappa shape index (κ1) is 12.2. The molecule has 0 saturated heterocycles. The highest BCUT2D eigenvalue weighted by Crippen LogP contribution is 2.20. The van der Waals surface area contributed by atoms with Gasteiger partial charge in [-0.3, -0.25) is 0 Å². The Bertz CT molecular complexity index is 330. The van der Waals surface area contributed by atoms with Gasteiger partial charge in [0.25, 0.3) is 0 Å². The van der Waals surface area contributed by atoms with Gasteiger partial charge in [-0.05, 0) is 6.07 Å². The van der Waals surface area contributed by atoms with Crippen molar-refractivity contribution in [2.24, 2.45) is 0 Å². The maximum Gasteiger partial charge on any atom is 0.144 e. The fourth-order valence-electron chi connectivity index (χ4n) is 0.991. The summed E-state index contributed by atoms with van der Waals surface area (Å²) in [5.74, 6) is 2.64. The topological polar surface area (TPSA) is 50.9 Å². The highest BCUT2D eigenvalue weighted by Gasteiger charge is 2.00. The van der Waals surface area contributed by atoms with E-state index in [1.807, 2.05) is 6.08 Å². The van der Waals surface area contributed by atoms with Crippen molar-refractivity contribution in [3.8, 4) is 0 Å². The molecule has 0 radical (unpaired) electrons. The molecule has 1 aromatic heterocycles. The van der Waals surface area contributed by atoms with Crippen molar-refractivity contribution >= 4 is 34.9 Å². The van der Waals surface area contributed by atoms with Crippen LogP contribution in [0.1, 0.15) is 0 Å². The van der Waals surface area contributed by atoms with Crippen molar-refractivity contribution < 1.29 is 0 Å². The van der Waals surface area contributed by atoms with Crippen molar-refractivity contribution in [1.29, 1.82) is 0 Å². The second-order valence-electron chi connectivity index (χ2n) is 2.89. The number of hydrogen-bond donors (Lipinski definition) is 2. The van der Waals surface area contributed by atoms with Crippen molar-refractivity contribution in [2.75, 3.05) is 29.1 Å². The van der Waals surface area contributed by atoms with E-state index < -0.39 is 0 Å². The number of hydrogen-bond acceptors (Lipinski definition) is 4. The lowest BCUT2D eigenvalue weighted by Crippen LogP contribution is -2.06. The number of anilines is 2. The number of halogens is 1. The lowest BCUT2D eigenvalue weighted by molar-refractivity contribution is 1.17. The molecule has 0 unspecified atom stereocenters. The lowest BCUT2D eigenvalue weighted by Gasteiger charge is -2.06. The minimum absolute atomic E-state index is 0.559. The van der Waals surface area contributed by atoms with E-state index in [-0.39, 0.29) is 0 Å². The third-order valence-electron chi connectivity index (χ3n) is 1.64. The van der Waals surface area contributed by atoms with Gasteiger partial charge >= 0.3 is 0 Å². The van der Waals surface area contributed by atoms with Gasteiger partial charge in [-0.2, -0.15) is 11.8 Å². The number of thioether (sulfide) groups is 1. The van der Waals surface area contributed by atoms with E-state index in [9.17, 15) is 0 Å². The van der Waals surface area contributed by atoms with Crippen molar-refractivity contribution in [2.45, 2.75) is 0 Å². The second kappa shape index (κ2) is 6.58. The number of pyridine rings is 1. The third kappa shape index (κ3) is 4.44. The Labute approximate surface area is 99.1 Å². The largest absolute Gasteiger partial charge is 0.397 e. The molecule has 0 spiro atoms. The zero-order valence-electron chi connectivity index (χ0n) is 8.37. The maximum atomic E-state index is 5.94. The van der Waals surface area contributed by atoms with Gasteiger partial charge in [0.05, 0.1) is 16.9 Å². The minimum atomic E-state index is 0.559. The molecule has 5 heteroatoms. The molecule has 0 aliphatic rings. The van der Waals surface area contributed by atoms with Crippen molar-refractivity contribution in [1.82, 2.24) is 4.98 Å². The molecule has 1 aromatic rings. The van der Waals surface area contributed by atoms with Crippen molar-refractivity contribution in [3.63, 3.8) is 0 Å². The van der Waals surface area contributed by atoms with Gasteiger partial charge in [0.1, 0.15) is 5.82 Å². The standard InChI is InChI=1S/C10H14ClN3S/c1-2-4-15-5-3-13-10-9(11)6-8(12)7-14-10/h2,6-7H,1,3-5,12H2,(H,13,14). The Balaban J connectivity index is 2.34. The number of aromatic nitrogens is 1. The van der Waals surface area contributed by atoms with Crippen LogP contribution in [0.25, 0.3) is 0 Å². The molecule has 0 aliphatic heterocycles. The van der Waals surface area contributed by atoms with E-state index in [2.05, 4.69) is 16.9 Å². The normalized spacial score (nSPS) is 9.93. The summed E-state index contributed by atoms with van der Waals surface area (Å²) in [7, 11) is 0. The summed E-state index contributed by atoms with van der Waals surface area (Å²) in [4.78, 5) is 4.10. The Morgan fingerprint density at radius 3 is 3.13 bits per heavy atom. The lowest BCUT2D eigenvalue weighted by atomic mass is 10.4. The fraction of sp³-hybridized carbons (Fsp3) is 0.300. The predicted molar refractivity (Wildman–Crippen MR) is 69.7 cm³/mol. The molecule has 1 rings (SSSR count). The van der Waals surface area contributed by atoms with Gasteiger partial charge in [-0.25, -0.2) is 4.98 Å². The number of nitrogens with two attached hydrogens (primary N) is 1. The molecule has 0 aromatic carbocycles. The average Bonchev–Trinajstić information content (AvgIpc) is 2.20. The van der Waals surface area contributed by atoms with Crippen LogP contribution in [-0.4, -0.2) is 23.0 Å². The van der Waals surface area contributed by atoms with Crippen LogP contribution in [-0.2, 0) is 0 Å². The van der Waals surface area contributed by atoms with Crippen LogP contribution in [0.4, 0.5) is 11.5 Å². The van der Waals surface area contributed by atoms with E-state index >= 15 is 0 Å². The third-order valence-corrected chi connectivity index (χ3v) is 2.89. The van der Waals surface area contributed by atoms with Crippen LogP contribution >= 0.6 is 23.4 Å². The number of nitrogens with one attached hydrogen (secondary N) is 1. The van der Waals surface area contributed by atoms with Crippen LogP contribution in [0, 0.1) is 0 Å². The zero-order chi connectivity index (χ0) is 11.1. The van der Waals surface area contributed by atoms with Crippen LogP contribution < -0.4 is 11.1 Å². The minimum Gasteiger partial charge on any atom is -0.397 e. The van der Waals surface area contributed by atoms with Gasteiger partial charge in [0.2, 0.25) is 0 Å². The Morgan fingerprint density at radius 2 is 2.47 bits per heavy atom. The van der Waals surface area contributed by atoms with E-state index in [1.165, 1.54) is 0 Å². The maximum absolute atomic E-state index is 5.94. The van der Waals surface area contributed by atoms with Crippen LogP contribution in [0.3, 0.4) is 0 Å². The molecule has 0 bridgehead atoms. The van der Waals surface area contributed by atoms with E-state index in [1.54, 1.807) is 24.0 Å². The van der Waals surface area contributed by atoms with Crippen LogP contribution in [0.2, 0.25) is 5.02 Å². The van der Waals surface area contributed by atoms with Gasteiger partial charge < -0.3 is 11.1 Å². The fourth-order valence-corrected chi connectivity index (χ4v) is 1.81. The number of rotatable bonds is 6. The zero-order valence-corrected chi connectivity index (χ0v) is 9.94. The molecule has 0 saturated carbocycles. The first-order valence-electron chi connectivity index (χ1n) is 4.57. The first-order chi connectivity index (χ1) is 7.24. The highest BCUT2D eigenvalue weighted by atomic mass is 35.5. The van der Waals surface area contributed by atoms with Gasteiger partial charge in [-0.1, -0.05) is 17.7 Å². The summed E-state index contributed by atoms with van der Waals surface area (Å²) in [6, 6.07) is 1.69. The molecule has 0 amide bonds.